The van der Waals surface area contributed by atoms with Gasteiger partial charge in [-0.3, -0.25) is 19.8 Å². The molecule has 32 heavy (non-hydrogen) atoms. The SMILES string of the molecule is CCOc1ccc2nc(N(CCN(CC)CC)C(=O)Cc3ccc([N+](=O)[O-])cc3)sc2c1. The number of aromatic nitrogens is 1. The lowest BCUT2D eigenvalue weighted by molar-refractivity contribution is -0.384. The van der Waals surface area contributed by atoms with Gasteiger partial charge in [0.25, 0.3) is 5.69 Å². The van der Waals surface area contributed by atoms with Crippen LogP contribution in [0.5, 0.6) is 5.75 Å². The maximum Gasteiger partial charge on any atom is 0.269 e. The van der Waals surface area contributed by atoms with Crippen LogP contribution in [0.1, 0.15) is 26.3 Å². The summed E-state index contributed by atoms with van der Waals surface area (Å²) in [6.45, 7) is 9.77. The first kappa shape index (κ1) is 23.6. The molecule has 0 saturated heterocycles. The maximum absolute atomic E-state index is 13.3. The Kier molecular flexibility index (Phi) is 8.13. The molecule has 0 saturated carbocycles. The number of carbonyl (C=O) groups is 1. The van der Waals surface area contributed by atoms with Crippen LogP contribution >= 0.6 is 11.3 Å². The molecule has 0 aliphatic carbocycles. The minimum absolute atomic E-state index is 0.0101. The molecule has 0 unspecified atom stereocenters. The Morgan fingerprint density at radius 1 is 1.09 bits per heavy atom. The van der Waals surface area contributed by atoms with Gasteiger partial charge in [0.2, 0.25) is 5.91 Å². The lowest BCUT2D eigenvalue weighted by atomic mass is 10.1. The fraction of sp³-hybridized carbons (Fsp3) is 0.391. The average molecular weight is 457 g/mol. The van der Waals surface area contributed by atoms with Crippen molar-refractivity contribution in [2.24, 2.45) is 0 Å². The lowest BCUT2D eigenvalue weighted by Gasteiger charge is -2.24. The quantitative estimate of drug-likeness (QED) is 0.311. The second-order valence-electron chi connectivity index (χ2n) is 7.23. The summed E-state index contributed by atoms with van der Waals surface area (Å²) in [5.41, 5.74) is 1.56. The Hall–Kier alpha value is -3.04. The number of carbonyl (C=O) groups excluding carboxylic acids is 1. The first-order valence-corrected chi connectivity index (χ1v) is 11.6. The van der Waals surface area contributed by atoms with Crippen molar-refractivity contribution in [3.63, 3.8) is 0 Å². The average Bonchev–Trinajstić information content (AvgIpc) is 3.20. The van der Waals surface area contributed by atoms with Crippen LogP contribution in [0.2, 0.25) is 0 Å². The minimum Gasteiger partial charge on any atom is -0.494 e. The van der Waals surface area contributed by atoms with Gasteiger partial charge in [0.15, 0.2) is 5.13 Å². The molecule has 170 valence electrons. The number of nitro benzene ring substituents is 1. The molecule has 2 aromatic carbocycles. The van der Waals surface area contributed by atoms with Crippen LogP contribution in [0.3, 0.4) is 0 Å². The van der Waals surface area contributed by atoms with E-state index in [1.807, 2.05) is 25.1 Å². The number of benzene rings is 2. The van der Waals surface area contributed by atoms with Crippen molar-refractivity contribution in [1.82, 2.24) is 9.88 Å². The number of nitro groups is 1. The molecule has 1 heterocycles. The molecule has 8 nitrogen and oxygen atoms in total. The van der Waals surface area contributed by atoms with Crippen LogP contribution < -0.4 is 9.64 Å². The third-order valence-electron chi connectivity index (χ3n) is 5.23. The number of fused-ring (bicyclic) bond motifs is 1. The predicted octanol–water partition coefficient (Wildman–Crippen LogP) is 4.52. The van der Waals surface area contributed by atoms with Crippen molar-refractivity contribution in [3.8, 4) is 5.75 Å². The van der Waals surface area contributed by atoms with Gasteiger partial charge in [-0.05, 0) is 43.8 Å². The fourth-order valence-corrected chi connectivity index (χ4v) is 4.42. The minimum atomic E-state index is -0.445. The Balaban J connectivity index is 1.86. The number of hydrogen-bond acceptors (Lipinski definition) is 7. The van der Waals surface area contributed by atoms with Crippen molar-refractivity contribution < 1.29 is 14.5 Å². The zero-order chi connectivity index (χ0) is 23.1. The first-order valence-electron chi connectivity index (χ1n) is 10.7. The van der Waals surface area contributed by atoms with E-state index in [4.69, 9.17) is 9.72 Å². The zero-order valence-electron chi connectivity index (χ0n) is 18.6. The van der Waals surface area contributed by atoms with Gasteiger partial charge in [0.05, 0.1) is 28.2 Å². The molecular weight excluding hydrogens is 428 g/mol. The molecule has 1 amide bonds. The third kappa shape index (κ3) is 5.80. The largest absolute Gasteiger partial charge is 0.494 e. The molecule has 0 fully saturated rings. The molecule has 3 rings (SSSR count). The van der Waals surface area contributed by atoms with E-state index in [0.29, 0.717) is 18.3 Å². The van der Waals surface area contributed by atoms with Gasteiger partial charge < -0.3 is 9.64 Å². The van der Waals surface area contributed by atoms with E-state index in [0.717, 1.165) is 41.2 Å². The number of thiazole rings is 1. The summed E-state index contributed by atoms with van der Waals surface area (Å²) in [6.07, 6.45) is 0.149. The number of amides is 1. The highest BCUT2D eigenvalue weighted by molar-refractivity contribution is 7.22. The van der Waals surface area contributed by atoms with Crippen molar-refractivity contribution in [2.45, 2.75) is 27.2 Å². The molecule has 1 aromatic heterocycles. The number of hydrogen-bond donors (Lipinski definition) is 0. The molecule has 0 N–H and O–H groups in total. The van der Waals surface area contributed by atoms with Crippen LogP contribution in [0.25, 0.3) is 10.2 Å². The highest BCUT2D eigenvalue weighted by atomic mass is 32.1. The lowest BCUT2D eigenvalue weighted by Crippen LogP contribution is -2.39. The second-order valence-corrected chi connectivity index (χ2v) is 8.24. The number of anilines is 1. The summed E-state index contributed by atoms with van der Waals surface area (Å²) >= 11 is 1.46. The van der Waals surface area contributed by atoms with E-state index in [2.05, 4.69) is 18.7 Å². The Labute approximate surface area is 191 Å². The van der Waals surface area contributed by atoms with E-state index in [-0.39, 0.29) is 18.0 Å². The van der Waals surface area contributed by atoms with E-state index in [9.17, 15) is 14.9 Å². The topological polar surface area (TPSA) is 88.8 Å². The molecule has 0 bridgehead atoms. The van der Waals surface area contributed by atoms with E-state index in [1.165, 1.54) is 23.5 Å². The summed E-state index contributed by atoms with van der Waals surface area (Å²) in [6, 6.07) is 11.9. The highest BCUT2D eigenvalue weighted by Crippen LogP contribution is 2.32. The van der Waals surface area contributed by atoms with Crippen LogP contribution in [0, 0.1) is 10.1 Å². The summed E-state index contributed by atoms with van der Waals surface area (Å²) in [5, 5.41) is 11.5. The van der Waals surface area contributed by atoms with Gasteiger partial charge in [-0.15, -0.1) is 0 Å². The van der Waals surface area contributed by atoms with Gasteiger partial charge >= 0.3 is 0 Å². The van der Waals surface area contributed by atoms with Crippen LogP contribution in [0.15, 0.2) is 42.5 Å². The fourth-order valence-electron chi connectivity index (χ4n) is 3.38. The van der Waals surface area contributed by atoms with E-state index >= 15 is 0 Å². The van der Waals surface area contributed by atoms with Gasteiger partial charge in [-0.1, -0.05) is 37.3 Å². The summed E-state index contributed by atoms with van der Waals surface area (Å²) in [5.74, 6) is 0.692. The third-order valence-corrected chi connectivity index (χ3v) is 6.27. The molecular formula is C23H28N4O4S. The maximum atomic E-state index is 13.3. The van der Waals surface area contributed by atoms with Gasteiger partial charge in [0, 0.05) is 25.2 Å². The summed E-state index contributed by atoms with van der Waals surface area (Å²) in [4.78, 5) is 32.4. The Morgan fingerprint density at radius 3 is 2.44 bits per heavy atom. The van der Waals surface area contributed by atoms with Crippen molar-refractivity contribution in [1.29, 1.82) is 0 Å². The van der Waals surface area contributed by atoms with Gasteiger partial charge in [0.1, 0.15) is 5.75 Å². The smallest absolute Gasteiger partial charge is 0.269 e. The molecule has 3 aromatic rings. The molecule has 0 aliphatic heterocycles. The van der Waals surface area contributed by atoms with Crippen molar-refractivity contribution in [3.05, 3.63) is 58.1 Å². The normalized spacial score (nSPS) is 11.1. The molecule has 0 spiro atoms. The number of nitrogens with zero attached hydrogens (tertiary/aromatic N) is 4. The van der Waals surface area contributed by atoms with Crippen LogP contribution in [-0.2, 0) is 11.2 Å². The molecule has 0 radical (unpaired) electrons. The van der Waals surface area contributed by atoms with E-state index in [1.54, 1.807) is 17.0 Å². The van der Waals surface area contributed by atoms with Crippen molar-refractivity contribution >= 4 is 38.3 Å². The monoisotopic (exact) mass is 456 g/mol. The zero-order valence-corrected chi connectivity index (χ0v) is 19.4. The number of rotatable bonds is 11. The van der Waals surface area contributed by atoms with E-state index < -0.39 is 4.92 Å². The first-order chi connectivity index (χ1) is 15.4. The van der Waals surface area contributed by atoms with Crippen molar-refractivity contribution in [2.75, 3.05) is 37.7 Å². The molecule has 0 atom stereocenters. The number of likely N-dealkylation sites (N-methyl/N-ethyl adjacent to an activating group) is 1. The Bertz CT molecular complexity index is 1060. The van der Waals surface area contributed by atoms with Gasteiger partial charge in [-0.25, -0.2) is 4.98 Å². The van der Waals surface area contributed by atoms with Crippen LogP contribution in [-0.4, -0.2) is 53.5 Å². The van der Waals surface area contributed by atoms with Crippen LogP contribution in [0.4, 0.5) is 10.8 Å². The predicted molar refractivity (Wildman–Crippen MR) is 128 cm³/mol. The summed E-state index contributed by atoms with van der Waals surface area (Å²) in [7, 11) is 0. The van der Waals surface area contributed by atoms with Gasteiger partial charge in [-0.2, -0.15) is 0 Å². The summed E-state index contributed by atoms with van der Waals surface area (Å²) < 4.78 is 6.55. The highest BCUT2D eigenvalue weighted by Gasteiger charge is 2.21. The number of ether oxygens (including phenoxy) is 1. The second kappa shape index (κ2) is 11.0. The number of non-ortho nitro benzene ring substituents is 1. The Morgan fingerprint density at radius 2 is 1.81 bits per heavy atom. The molecule has 0 aliphatic rings. The standard InChI is InChI=1S/C23H28N4O4S/c1-4-25(5-2)13-14-26(22(28)15-17-7-9-18(10-8-17)27(29)30)23-24-20-12-11-19(31-6-3)16-21(20)32-23/h7-12,16H,4-6,13-15H2,1-3H3. The molecule has 9 heteroatoms.